The van der Waals surface area contributed by atoms with E-state index in [2.05, 4.69) is 0 Å². The van der Waals surface area contributed by atoms with Gasteiger partial charge in [-0.3, -0.25) is 14.2 Å². The van der Waals surface area contributed by atoms with E-state index < -0.39 is 0 Å². The molecule has 0 unspecified atom stereocenters. The molecule has 1 fully saturated rings. The minimum atomic E-state index is -0.309. The highest BCUT2D eigenvalue weighted by Gasteiger charge is 2.30. The lowest BCUT2D eigenvalue weighted by molar-refractivity contribution is 0.0994. The summed E-state index contributed by atoms with van der Waals surface area (Å²) in [5.41, 5.74) is 2.50. The fourth-order valence-electron chi connectivity index (χ4n) is 3.03. The Morgan fingerprint density at radius 3 is 2.54 bits per heavy atom. The second-order valence-electron chi connectivity index (χ2n) is 6.81. The fraction of sp³-hybridized carbons (Fsp3) is 0.286. The number of carbonyl (C=O) groups excluding carboxylic acids is 1. The Balaban J connectivity index is 1.70. The van der Waals surface area contributed by atoms with E-state index in [1.165, 1.54) is 11.8 Å². The lowest BCUT2D eigenvalue weighted by Gasteiger charge is -2.15. The van der Waals surface area contributed by atoms with Crippen molar-refractivity contribution in [2.24, 2.45) is 0 Å². The number of carbonyl (C=O) groups is 1. The summed E-state index contributed by atoms with van der Waals surface area (Å²) in [7, 11) is 0. The van der Waals surface area contributed by atoms with Gasteiger partial charge in [-0.05, 0) is 38.8 Å². The standard InChI is InChI=1S/C21H20N2O2S/c1-13-7-9-15(10-8-13)19(24)14(2)26-21-22-18-6-4-3-5-17(18)20(25)23(21)16-11-12-16/h3-10,14,16H,11-12H2,1-2H3/t14-/m1/s1. The minimum absolute atomic E-state index is 0.00409. The van der Waals surface area contributed by atoms with Gasteiger partial charge in [0.2, 0.25) is 0 Å². The smallest absolute Gasteiger partial charge is 0.262 e. The molecule has 0 amide bonds. The minimum Gasteiger partial charge on any atom is -0.293 e. The maximum Gasteiger partial charge on any atom is 0.262 e. The third-order valence-electron chi connectivity index (χ3n) is 4.67. The number of fused-ring (bicyclic) bond motifs is 1. The van der Waals surface area contributed by atoms with Crippen LogP contribution in [0.25, 0.3) is 10.9 Å². The lowest BCUT2D eigenvalue weighted by Crippen LogP contribution is -2.24. The molecule has 4 rings (SSSR count). The van der Waals surface area contributed by atoms with Gasteiger partial charge in [0.15, 0.2) is 10.9 Å². The number of hydrogen-bond acceptors (Lipinski definition) is 4. The molecule has 3 aromatic rings. The molecule has 2 aromatic carbocycles. The Morgan fingerprint density at radius 2 is 1.85 bits per heavy atom. The zero-order chi connectivity index (χ0) is 18.3. The third-order valence-corrected chi connectivity index (χ3v) is 5.74. The fourth-order valence-corrected chi connectivity index (χ4v) is 4.08. The Hall–Kier alpha value is -2.40. The van der Waals surface area contributed by atoms with Crippen LogP contribution in [0.2, 0.25) is 0 Å². The molecular formula is C21H20N2O2S. The Labute approximate surface area is 156 Å². The Morgan fingerprint density at radius 1 is 1.15 bits per heavy atom. The summed E-state index contributed by atoms with van der Waals surface area (Å²) in [5.74, 6) is 0.0553. The number of rotatable bonds is 5. The van der Waals surface area contributed by atoms with Gasteiger partial charge in [0, 0.05) is 11.6 Å². The summed E-state index contributed by atoms with van der Waals surface area (Å²) in [4.78, 5) is 30.4. The van der Waals surface area contributed by atoms with E-state index in [-0.39, 0.29) is 22.6 Å². The van der Waals surface area contributed by atoms with Crippen molar-refractivity contribution in [1.82, 2.24) is 9.55 Å². The van der Waals surface area contributed by atoms with Crippen LogP contribution in [-0.4, -0.2) is 20.6 Å². The maximum atomic E-state index is 12.9. The third kappa shape index (κ3) is 3.19. The lowest BCUT2D eigenvalue weighted by atomic mass is 10.1. The summed E-state index contributed by atoms with van der Waals surface area (Å²) in [6, 6.07) is 15.2. The molecule has 1 atom stereocenters. The topological polar surface area (TPSA) is 52.0 Å². The van der Waals surface area contributed by atoms with Crippen molar-refractivity contribution < 1.29 is 4.79 Å². The number of hydrogen-bond donors (Lipinski definition) is 0. The molecule has 132 valence electrons. The molecule has 0 saturated heterocycles. The van der Waals surface area contributed by atoms with Crippen LogP contribution in [0, 0.1) is 6.92 Å². The normalized spacial score (nSPS) is 15.2. The van der Waals surface area contributed by atoms with Crippen molar-refractivity contribution in [2.45, 2.75) is 43.1 Å². The van der Waals surface area contributed by atoms with Crippen LogP contribution >= 0.6 is 11.8 Å². The number of aryl methyl sites for hydroxylation is 1. The van der Waals surface area contributed by atoms with Crippen molar-refractivity contribution in [1.29, 1.82) is 0 Å². The molecule has 0 bridgehead atoms. The quantitative estimate of drug-likeness (QED) is 0.382. The van der Waals surface area contributed by atoms with Gasteiger partial charge in [-0.15, -0.1) is 0 Å². The zero-order valence-electron chi connectivity index (χ0n) is 14.8. The van der Waals surface area contributed by atoms with Gasteiger partial charge < -0.3 is 0 Å². The van der Waals surface area contributed by atoms with Crippen molar-refractivity contribution in [3.63, 3.8) is 0 Å². The molecule has 1 aliphatic rings. The maximum absolute atomic E-state index is 12.9. The highest BCUT2D eigenvalue weighted by molar-refractivity contribution is 8.00. The Kier molecular flexibility index (Phi) is 4.41. The number of para-hydroxylation sites is 1. The highest BCUT2D eigenvalue weighted by atomic mass is 32.2. The molecule has 0 radical (unpaired) electrons. The molecule has 1 heterocycles. The number of nitrogens with zero attached hydrogens (tertiary/aromatic N) is 2. The largest absolute Gasteiger partial charge is 0.293 e. The summed E-state index contributed by atoms with van der Waals surface area (Å²) in [6.07, 6.45) is 1.99. The van der Waals surface area contributed by atoms with Crippen molar-refractivity contribution in [3.8, 4) is 0 Å². The summed E-state index contributed by atoms with van der Waals surface area (Å²) < 4.78 is 1.78. The molecule has 26 heavy (non-hydrogen) atoms. The van der Waals surface area contributed by atoms with E-state index in [1.54, 1.807) is 4.57 Å². The van der Waals surface area contributed by atoms with Gasteiger partial charge in [-0.2, -0.15) is 0 Å². The predicted molar refractivity (Wildman–Crippen MR) is 105 cm³/mol. The van der Waals surface area contributed by atoms with Crippen molar-refractivity contribution in [2.75, 3.05) is 0 Å². The van der Waals surface area contributed by atoms with Crippen LogP contribution in [0.15, 0.2) is 58.5 Å². The molecule has 1 aliphatic carbocycles. The van der Waals surface area contributed by atoms with Crippen molar-refractivity contribution >= 4 is 28.4 Å². The van der Waals surface area contributed by atoms with Gasteiger partial charge in [-0.1, -0.05) is 53.7 Å². The zero-order valence-corrected chi connectivity index (χ0v) is 15.6. The first-order chi connectivity index (χ1) is 12.5. The van der Waals surface area contributed by atoms with Gasteiger partial charge in [0.05, 0.1) is 16.2 Å². The first-order valence-electron chi connectivity index (χ1n) is 8.83. The molecular weight excluding hydrogens is 344 g/mol. The highest BCUT2D eigenvalue weighted by Crippen LogP contribution is 2.38. The van der Waals surface area contributed by atoms with E-state index in [4.69, 9.17) is 4.98 Å². The van der Waals surface area contributed by atoms with E-state index in [1.807, 2.05) is 62.4 Å². The number of aromatic nitrogens is 2. The summed E-state index contributed by atoms with van der Waals surface area (Å²) >= 11 is 1.38. The average Bonchev–Trinajstić information content (AvgIpc) is 3.47. The van der Waals surface area contributed by atoms with Crippen LogP contribution in [0.5, 0.6) is 0 Å². The van der Waals surface area contributed by atoms with Gasteiger partial charge in [-0.25, -0.2) is 4.98 Å². The number of thioether (sulfide) groups is 1. The summed E-state index contributed by atoms with van der Waals surface area (Å²) in [5, 5.41) is 0.973. The SMILES string of the molecule is Cc1ccc(C(=O)[C@@H](C)Sc2nc3ccccc3c(=O)n2C2CC2)cc1. The molecule has 0 aliphatic heterocycles. The molecule has 4 nitrogen and oxygen atoms in total. The number of benzene rings is 2. The van der Waals surface area contributed by atoms with Crippen molar-refractivity contribution in [3.05, 3.63) is 70.0 Å². The Bertz CT molecular complexity index is 1040. The van der Waals surface area contributed by atoms with Gasteiger partial charge in [0.25, 0.3) is 5.56 Å². The monoisotopic (exact) mass is 364 g/mol. The predicted octanol–water partition coefficient (Wildman–Crippen LogP) is 4.40. The molecule has 1 saturated carbocycles. The van der Waals surface area contributed by atoms with E-state index >= 15 is 0 Å². The van der Waals surface area contributed by atoms with Crippen LogP contribution in [0.1, 0.15) is 41.7 Å². The number of ketones is 1. The van der Waals surface area contributed by atoms with Gasteiger partial charge in [0.1, 0.15) is 0 Å². The van der Waals surface area contributed by atoms with Crippen LogP contribution in [0.4, 0.5) is 0 Å². The van der Waals surface area contributed by atoms with E-state index in [0.29, 0.717) is 21.6 Å². The molecule has 1 aromatic heterocycles. The number of Topliss-reactive ketones (excluding diaryl/α,β-unsaturated/α-hetero) is 1. The first kappa shape index (κ1) is 17.0. The molecule has 0 spiro atoms. The van der Waals surface area contributed by atoms with Crippen LogP contribution < -0.4 is 5.56 Å². The summed E-state index contributed by atoms with van der Waals surface area (Å²) in [6.45, 7) is 3.88. The second-order valence-corrected chi connectivity index (χ2v) is 8.12. The first-order valence-corrected chi connectivity index (χ1v) is 9.71. The van der Waals surface area contributed by atoms with E-state index in [9.17, 15) is 9.59 Å². The average molecular weight is 364 g/mol. The van der Waals surface area contributed by atoms with E-state index in [0.717, 1.165) is 18.4 Å². The van der Waals surface area contributed by atoms with Crippen LogP contribution in [-0.2, 0) is 0 Å². The molecule has 0 N–H and O–H groups in total. The van der Waals surface area contributed by atoms with Crippen LogP contribution in [0.3, 0.4) is 0 Å². The second kappa shape index (κ2) is 6.72. The van der Waals surface area contributed by atoms with Gasteiger partial charge >= 0.3 is 0 Å². The molecule has 5 heteroatoms.